The van der Waals surface area contributed by atoms with Gasteiger partial charge in [-0.15, -0.1) is 0 Å². The Bertz CT molecular complexity index is 1010. The van der Waals surface area contributed by atoms with Crippen LogP contribution in [0.2, 0.25) is 0 Å². The molecule has 0 aliphatic heterocycles. The highest BCUT2D eigenvalue weighted by Gasteiger charge is 2.07. The number of aryl methyl sites for hydroxylation is 4. The summed E-state index contributed by atoms with van der Waals surface area (Å²) in [6, 6.07) is 28.8. The van der Waals surface area contributed by atoms with Crippen LogP contribution >= 0.6 is 0 Å². The Morgan fingerprint density at radius 3 is 1.06 bits per heavy atom. The summed E-state index contributed by atoms with van der Waals surface area (Å²) in [7, 11) is 0. The zero-order valence-corrected chi connectivity index (χ0v) is 18.7. The monoisotopic (exact) mass is 409 g/mol. The fourth-order valence-electron chi connectivity index (χ4n) is 3.49. The van der Waals surface area contributed by atoms with Gasteiger partial charge in [-0.3, -0.25) is 0 Å². The third-order valence-electron chi connectivity index (χ3n) is 5.36. The van der Waals surface area contributed by atoms with E-state index in [4.69, 9.17) is 11.5 Å². The molecule has 31 heavy (non-hydrogen) atoms. The van der Waals surface area contributed by atoms with Crippen LogP contribution in [0, 0.1) is 27.7 Å². The van der Waals surface area contributed by atoms with Crippen LogP contribution in [-0.4, -0.2) is 0 Å². The highest BCUT2D eigenvalue weighted by molar-refractivity contribution is 5.74. The zero-order chi connectivity index (χ0) is 22.4. The molecule has 0 unspecified atom stereocenters. The van der Waals surface area contributed by atoms with E-state index in [1.807, 2.05) is 88.4 Å². The number of benzene rings is 4. The predicted octanol–water partition coefficient (Wildman–Crippen LogP) is 7.18. The van der Waals surface area contributed by atoms with E-state index >= 15 is 0 Å². The molecule has 0 aliphatic carbocycles. The minimum atomic E-state index is 0.877. The van der Waals surface area contributed by atoms with Crippen molar-refractivity contribution < 1.29 is 0 Å². The number of nitrogen functional groups attached to an aromatic ring is 2. The second-order valence-electron chi connectivity index (χ2n) is 7.90. The van der Waals surface area contributed by atoms with E-state index in [9.17, 15) is 0 Å². The zero-order valence-electron chi connectivity index (χ0n) is 18.7. The van der Waals surface area contributed by atoms with Crippen molar-refractivity contribution >= 4 is 22.7 Å². The Morgan fingerprint density at radius 2 is 0.774 bits per heavy atom. The lowest BCUT2D eigenvalue weighted by Crippen LogP contribution is -1.97. The van der Waals surface area contributed by atoms with Crippen LogP contribution in [0.25, 0.3) is 11.1 Å². The summed E-state index contributed by atoms with van der Waals surface area (Å²) in [5.74, 6) is 0. The molecule has 0 spiro atoms. The van der Waals surface area contributed by atoms with Gasteiger partial charge in [0.2, 0.25) is 0 Å². The molecule has 0 radical (unpaired) electrons. The van der Waals surface area contributed by atoms with Gasteiger partial charge in [-0.2, -0.15) is 0 Å². The predicted molar refractivity (Wildman–Crippen MR) is 136 cm³/mol. The summed E-state index contributed by atoms with van der Waals surface area (Å²) in [6.07, 6.45) is 0. The molecule has 0 saturated heterocycles. The minimum absolute atomic E-state index is 0.877. The van der Waals surface area contributed by atoms with Gasteiger partial charge in [-0.1, -0.05) is 36.4 Å². The smallest absolute Gasteiger partial charge is 0.0384 e. The molecule has 0 aromatic heterocycles. The summed E-state index contributed by atoms with van der Waals surface area (Å²) in [6.45, 7) is 8.18. The van der Waals surface area contributed by atoms with E-state index in [2.05, 4.69) is 29.6 Å². The number of nitrogens with two attached hydrogens (primary N) is 2. The SMILES string of the molecule is Cc1cc(-c2cc(C)c(N)c(C)c2)cc(C)c1N.c1ccc(Nc2ccccc2)cc1. The largest absolute Gasteiger partial charge is 0.398 e. The summed E-state index contributed by atoms with van der Waals surface area (Å²) in [4.78, 5) is 0. The van der Waals surface area contributed by atoms with Gasteiger partial charge >= 0.3 is 0 Å². The van der Waals surface area contributed by atoms with Crippen molar-refractivity contribution in [3.05, 3.63) is 107 Å². The van der Waals surface area contributed by atoms with E-state index in [-0.39, 0.29) is 0 Å². The van der Waals surface area contributed by atoms with Crippen molar-refractivity contribution in [2.75, 3.05) is 16.8 Å². The first-order chi connectivity index (χ1) is 14.8. The van der Waals surface area contributed by atoms with Crippen LogP contribution in [-0.2, 0) is 0 Å². The topological polar surface area (TPSA) is 64.1 Å². The number of para-hydroxylation sites is 2. The fourth-order valence-corrected chi connectivity index (χ4v) is 3.49. The van der Waals surface area contributed by atoms with Gasteiger partial charge in [-0.05, 0) is 110 Å². The number of anilines is 4. The van der Waals surface area contributed by atoms with Crippen LogP contribution in [0.15, 0.2) is 84.9 Å². The lowest BCUT2D eigenvalue weighted by atomic mass is 9.95. The number of rotatable bonds is 3. The summed E-state index contributed by atoms with van der Waals surface area (Å²) in [5.41, 5.74) is 22.9. The molecule has 0 aliphatic rings. The Morgan fingerprint density at radius 1 is 0.484 bits per heavy atom. The molecular weight excluding hydrogens is 378 g/mol. The van der Waals surface area contributed by atoms with Crippen molar-refractivity contribution in [1.82, 2.24) is 0 Å². The van der Waals surface area contributed by atoms with Crippen molar-refractivity contribution in [2.24, 2.45) is 0 Å². The Labute approximate surface area is 185 Å². The molecule has 4 aromatic carbocycles. The first kappa shape index (κ1) is 22.0. The highest BCUT2D eigenvalue weighted by atomic mass is 14.9. The second kappa shape index (κ2) is 9.86. The van der Waals surface area contributed by atoms with Gasteiger partial charge in [0, 0.05) is 22.7 Å². The average molecular weight is 410 g/mol. The molecule has 0 heterocycles. The van der Waals surface area contributed by atoms with Crippen LogP contribution in [0.4, 0.5) is 22.7 Å². The van der Waals surface area contributed by atoms with Crippen LogP contribution in [0.3, 0.4) is 0 Å². The normalized spacial score (nSPS) is 10.2. The molecular formula is C28H31N3. The summed E-state index contributed by atoms with van der Waals surface area (Å²) in [5, 5.41) is 3.30. The first-order valence-corrected chi connectivity index (χ1v) is 10.5. The molecule has 4 aromatic rings. The number of nitrogens with one attached hydrogen (secondary N) is 1. The van der Waals surface area contributed by atoms with Gasteiger partial charge in [0.25, 0.3) is 0 Å². The van der Waals surface area contributed by atoms with E-state index in [0.717, 1.165) is 45.0 Å². The molecule has 3 nitrogen and oxygen atoms in total. The molecule has 0 amide bonds. The van der Waals surface area contributed by atoms with Gasteiger partial charge in [0.1, 0.15) is 0 Å². The standard InChI is InChI=1S/C16H20N2.C12H11N/c1-9-5-13(6-10(2)15(9)17)14-7-11(3)16(18)12(4)8-14;1-3-7-11(8-4-1)13-12-9-5-2-6-10-12/h5-8H,17-18H2,1-4H3;1-10,13H. The van der Waals surface area contributed by atoms with E-state index in [1.165, 1.54) is 11.1 Å². The molecule has 4 rings (SSSR count). The van der Waals surface area contributed by atoms with Crippen molar-refractivity contribution in [3.8, 4) is 11.1 Å². The third-order valence-corrected chi connectivity index (χ3v) is 5.36. The average Bonchev–Trinajstić information content (AvgIpc) is 2.77. The Hall–Kier alpha value is -3.72. The maximum absolute atomic E-state index is 5.99. The van der Waals surface area contributed by atoms with Gasteiger partial charge in [-0.25, -0.2) is 0 Å². The quantitative estimate of drug-likeness (QED) is 0.314. The highest BCUT2D eigenvalue weighted by Crippen LogP contribution is 2.30. The van der Waals surface area contributed by atoms with Gasteiger partial charge in [0.15, 0.2) is 0 Å². The van der Waals surface area contributed by atoms with Crippen molar-refractivity contribution in [1.29, 1.82) is 0 Å². The Balaban J connectivity index is 0.000000185. The maximum atomic E-state index is 5.99. The lowest BCUT2D eigenvalue weighted by molar-refractivity contribution is 1.36. The number of hydrogen-bond acceptors (Lipinski definition) is 3. The molecule has 3 heteroatoms. The van der Waals surface area contributed by atoms with E-state index in [0.29, 0.717) is 0 Å². The molecule has 0 fully saturated rings. The van der Waals surface area contributed by atoms with Crippen LogP contribution in [0.5, 0.6) is 0 Å². The Kier molecular flexibility index (Phi) is 6.99. The third kappa shape index (κ3) is 5.67. The second-order valence-corrected chi connectivity index (χ2v) is 7.90. The molecule has 0 atom stereocenters. The van der Waals surface area contributed by atoms with Crippen molar-refractivity contribution in [2.45, 2.75) is 27.7 Å². The molecule has 158 valence electrons. The fraction of sp³-hybridized carbons (Fsp3) is 0.143. The summed E-state index contributed by atoms with van der Waals surface area (Å²) >= 11 is 0. The van der Waals surface area contributed by atoms with Crippen molar-refractivity contribution in [3.63, 3.8) is 0 Å². The van der Waals surface area contributed by atoms with Crippen LogP contribution in [0.1, 0.15) is 22.3 Å². The lowest BCUT2D eigenvalue weighted by Gasteiger charge is -2.12. The number of hydrogen-bond donors (Lipinski definition) is 3. The molecule has 0 bridgehead atoms. The molecule has 5 N–H and O–H groups in total. The first-order valence-electron chi connectivity index (χ1n) is 10.5. The van der Waals surface area contributed by atoms with Gasteiger partial charge in [0.05, 0.1) is 0 Å². The van der Waals surface area contributed by atoms with E-state index < -0.39 is 0 Å². The van der Waals surface area contributed by atoms with Crippen LogP contribution < -0.4 is 16.8 Å². The van der Waals surface area contributed by atoms with Gasteiger partial charge < -0.3 is 16.8 Å². The van der Waals surface area contributed by atoms with E-state index in [1.54, 1.807) is 0 Å². The summed E-state index contributed by atoms with van der Waals surface area (Å²) < 4.78 is 0. The maximum Gasteiger partial charge on any atom is 0.0384 e. The molecule has 0 saturated carbocycles. The minimum Gasteiger partial charge on any atom is -0.398 e.